The van der Waals surface area contributed by atoms with Gasteiger partial charge in [0.25, 0.3) is 0 Å². The standard InChI is InChI=1S/C22H27FN2O3/c1-2-13-22(24,15-17-9-11-18(23)12-10-17)21(28)25-19(20(26)27)14-16-7-5-3-4-6-8-16/h3,5-12,19H,2,4,13-15,24H2,1H3,(H,25,28)(H,26,27)/t19-,22?/m1/s1. The third kappa shape index (κ3) is 6.16. The number of benzene rings is 1. The summed E-state index contributed by atoms with van der Waals surface area (Å²) < 4.78 is 13.1. The van der Waals surface area contributed by atoms with Gasteiger partial charge in [-0.2, -0.15) is 0 Å². The van der Waals surface area contributed by atoms with Gasteiger partial charge in [-0.25, -0.2) is 9.18 Å². The van der Waals surface area contributed by atoms with E-state index in [1.54, 1.807) is 12.1 Å². The number of nitrogens with two attached hydrogens (primary N) is 1. The lowest BCUT2D eigenvalue weighted by atomic mass is 9.86. The highest BCUT2D eigenvalue weighted by atomic mass is 19.1. The van der Waals surface area contributed by atoms with Crippen molar-refractivity contribution in [3.05, 3.63) is 71.6 Å². The van der Waals surface area contributed by atoms with Crippen molar-refractivity contribution in [3.63, 3.8) is 0 Å². The van der Waals surface area contributed by atoms with Gasteiger partial charge in [-0.15, -0.1) is 0 Å². The first-order valence-electron chi connectivity index (χ1n) is 9.43. The molecule has 0 heterocycles. The van der Waals surface area contributed by atoms with Crippen molar-refractivity contribution in [2.45, 2.75) is 50.6 Å². The number of hydrogen-bond acceptors (Lipinski definition) is 3. The fourth-order valence-corrected chi connectivity index (χ4v) is 3.19. The normalized spacial score (nSPS) is 16.6. The zero-order chi connectivity index (χ0) is 20.6. The lowest BCUT2D eigenvalue weighted by molar-refractivity contribution is -0.142. The van der Waals surface area contributed by atoms with Gasteiger partial charge < -0.3 is 16.2 Å². The molecule has 4 N–H and O–H groups in total. The number of hydrogen-bond donors (Lipinski definition) is 3. The van der Waals surface area contributed by atoms with Gasteiger partial charge >= 0.3 is 5.97 Å². The van der Waals surface area contributed by atoms with Crippen LogP contribution in [0.2, 0.25) is 0 Å². The van der Waals surface area contributed by atoms with Gasteiger partial charge in [-0.1, -0.05) is 55.9 Å². The summed E-state index contributed by atoms with van der Waals surface area (Å²) in [5.74, 6) is -1.99. The highest BCUT2D eigenvalue weighted by Gasteiger charge is 2.36. The topological polar surface area (TPSA) is 92.4 Å². The molecular weight excluding hydrogens is 359 g/mol. The average Bonchev–Trinajstić information content (AvgIpc) is 2.92. The van der Waals surface area contributed by atoms with Crippen LogP contribution in [0, 0.1) is 5.82 Å². The molecule has 0 saturated heterocycles. The molecule has 1 unspecified atom stereocenters. The van der Waals surface area contributed by atoms with Crippen LogP contribution in [0.5, 0.6) is 0 Å². The summed E-state index contributed by atoms with van der Waals surface area (Å²) in [4.78, 5) is 24.6. The molecule has 0 aromatic heterocycles. The van der Waals surface area contributed by atoms with Crippen molar-refractivity contribution in [2.75, 3.05) is 0 Å². The quantitative estimate of drug-likeness (QED) is 0.607. The fraction of sp³-hybridized carbons (Fsp3) is 0.364. The highest BCUT2D eigenvalue weighted by Crippen LogP contribution is 2.19. The Hall–Kier alpha value is -2.73. The molecule has 5 nitrogen and oxygen atoms in total. The van der Waals surface area contributed by atoms with E-state index in [2.05, 4.69) is 5.32 Å². The molecule has 0 aliphatic heterocycles. The van der Waals surface area contributed by atoms with Crippen LogP contribution in [0.4, 0.5) is 4.39 Å². The second-order valence-corrected chi connectivity index (χ2v) is 7.09. The molecule has 0 fully saturated rings. The SMILES string of the molecule is CCCC(N)(Cc1ccc(F)cc1)C(=O)N[C@H](CC1=CC=CCC=C1)C(=O)O. The third-order valence-electron chi connectivity index (χ3n) is 4.67. The van der Waals surface area contributed by atoms with Gasteiger partial charge in [0.1, 0.15) is 11.9 Å². The molecule has 1 aliphatic carbocycles. The molecule has 2 atom stereocenters. The van der Waals surface area contributed by atoms with E-state index in [4.69, 9.17) is 5.73 Å². The highest BCUT2D eigenvalue weighted by molar-refractivity contribution is 5.90. The maximum absolute atomic E-state index is 13.1. The summed E-state index contributed by atoms with van der Waals surface area (Å²) in [6, 6.07) is 4.73. The second-order valence-electron chi connectivity index (χ2n) is 7.09. The molecule has 150 valence electrons. The molecule has 0 radical (unpaired) electrons. The van der Waals surface area contributed by atoms with Crippen molar-refractivity contribution in [1.82, 2.24) is 5.32 Å². The second kappa shape index (κ2) is 9.99. The van der Waals surface area contributed by atoms with Crippen LogP contribution in [0.1, 0.15) is 38.2 Å². The van der Waals surface area contributed by atoms with Crippen molar-refractivity contribution in [1.29, 1.82) is 0 Å². The summed E-state index contributed by atoms with van der Waals surface area (Å²) in [6.45, 7) is 1.90. The number of carbonyl (C=O) groups is 2. The smallest absolute Gasteiger partial charge is 0.326 e. The summed E-state index contributed by atoms with van der Waals surface area (Å²) in [5, 5.41) is 12.2. The molecule has 1 aromatic carbocycles. The Morgan fingerprint density at radius 3 is 2.64 bits per heavy atom. The number of halogens is 1. The molecule has 1 aromatic rings. The first kappa shape index (κ1) is 21.6. The number of nitrogens with one attached hydrogen (secondary N) is 1. The minimum absolute atomic E-state index is 0.167. The largest absolute Gasteiger partial charge is 0.480 e. The number of carboxylic acid groups (broad SMARTS) is 1. The van der Waals surface area contributed by atoms with E-state index in [1.807, 2.05) is 37.3 Å². The first-order chi connectivity index (χ1) is 13.3. The van der Waals surface area contributed by atoms with Crippen LogP contribution in [0.3, 0.4) is 0 Å². The maximum atomic E-state index is 13.1. The van der Waals surface area contributed by atoms with E-state index in [0.717, 1.165) is 17.6 Å². The van der Waals surface area contributed by atoms with Crippen molar-refractivity contribution < 1.29 is 19.1 Å². The molecule has 6 heteroatoms. The van der Waals surface area contributed by atoms with Gasteiger partial charge in [0.2, 0.25) is 5.91 Å². The Bertz CT molecular complexity index is 783. The Morgan fingerprint density at radius 2 is 2.00 bits per heavy atom. The van der Waals surface area contributed by atoms with Gasteiger partial charge in [0.15, 0.2) is 0 Å². The minimum Gasteiger partial charge on any atom is -0.480 e. The number of carboxylic acids is 1. The predicted molar refractivity (Wildman–Crippen MR) is 107 cm³/mol. The molecule has 1 aliphatic rings. The van der Waals surface area contributed by atoms with E-state index in [-0.39, 0.29) is 18.7 Å². The van der Waals surface area contributed by atoms with Crippen molar-refractivity contribution in [3.8, 4) is 0 Å². The zero-order valence-electron chi connectivity index (χ0n) is 16.0. The molecule has 0 bridgehead atoms. The molecule has 2 rings (SSSR count). The summed E-state index contributed by atoms with van der Waals surface area (Å²) in [5.41, 5.74) is 6.66. The van der Waals surface area contributed by atoms with Crippen LogP contribution in [0.25, 0.3) is 0 Å². The zero-order valence-corrected chi connectivity index (χ0v) is 16.0. The summed E-state index contributed by atoms with van der Waals surface area (Å²) in [7, 11) is 0. The lowest BCUT2D eigenvalue weighted by Crippen LogP contribution is -2.58. The lowest BCUT2D eigenvalue weighted by Gasteiger charge is -2.30. The van der Waals surface area contributed by atoms with Gasteiger partial charge in [0.05, 0.1) is 5.54 Å². The van der Waals surface area contributed by atoms with Crippen LogP contribution in [-0.2, 0) is 16.0 Å². The van der Waals surface area contributed by atoms with E-state index < -0.39 is 23.5 Å². The number of allylic oxidation sites excluding steroid dienone is 5. The third-order valence-corrected chi connectivity index (χ3v) is 4.67. The van der Waals surface area contributed by atoms with Crippen LogP contribution < -0.4 is 11.1 Å². The number of carbonyl (C=O) groups excluding carboxylic acids is 1. The Kier molecular flexibility index (Phi) is 7.70. The van der Waals surface area contributed by atoms with E-state index >= 15 is 0 Å². The Morgan fingerprint density at radius 1 is 1.29 bits per heavy atom. The van der Waals surface area contributed by atoms with Crippen LogP contribution >= 0.6 is 0 Å². The van der Waals surface area contributed by atoms with Crippen LogP contribution in [0.15, 0.2) is 60.2 Å². The van der Waals surface area contributed by atoms with Crippen LogP contribution in [-0.4, -0.2) is 28.6 Å². The molecule has 0 saturated carbocycles. The summed E-state index contributed by atoms with van der Waals surface area (Å²) in [6.07, 6.45) is 11.7. The maximum Gasteiger partial charge on any atom is 0.326 e. The molecule has 28 heavy (non-hydrogen) atoms. The van der Waals surface area contributed by atoms with Gasteiger partial charge in [0, 0.05) is 6.42 Å². The number of aliphatic carboxylic acids is 1. The van der Waals surface area contributed by atoms with E-state index in [1.165, 1.54) is 12.1 Å². The average molecular weight is 386 g/mol. The van der Waals surface area contributed by atoms with Crippen molar-refractivity contribution in [2.24, 2.45) is 5.73 Å². The fourth-order valence-electron chi connectivity index (χ4n) is 3.19. The monoisotopic (exact) mass is 386 g/mol. The number of rotatable bonds is 9. The minimum atomic E-state index is -1.27. The van der Waals surface area contributed by atoms with Gasteiger partial charge in [-0.05, 0) is 42.5 Å². The van der Waals surface area contributed by atoms with E-state index in [0.29, 0.717) is 12.8 Å². The molecule has 0 spiro atoms. The van der Waals surface area contributed by atoms with E-state index in [9.17, 15) is 19.1 Å². The Labute approximate surface area is 164 Å². The Balaban J connectivity index is 2.15. The first-order valence-corrected chi connectivity index (χ1v) is 9.43. The summed E-state index contributed by atoms with van der Waals surface area (Å²) >= 11 is 0. The predicted octanol–water partition coefficient (Wildman–Crippen LogP) is 3.27. The molecule has 1 amide bonds. The van der Waals surface area contributed by atoms with Crippen molar-refractivity contribution >= 4 is 11.9 Å². The molecular formula is C22H27FN2O3. The number of amides is 1. The van der Waals surface area contributed by atoms with Gasteiger partial charge in [-0.3, -0.25) is 4.79 Å².